The van der Waals surface area contributed by atoms with Gasteiger partial charge in [0, 0.05) is 13.6 Å². The fraction of sp³-hybridized carbons (Fsp3) is 0. The molecule has 0 atom stereocenters. The van der Waals surface area contributed by atoms with Crippen molar-refractivity contribution in [1.29, 1.82) is 0 Å². The molecule has 18 heavy (non-hydrogen) atoms. The van der Waals surface area contributed by atoms with Gasteiger partial charge in [0.1, 0.15) is 0 Å². The average molecular weight is 417 g/mol. The highest BCUT2D eigenvalue weighted by Gasteiger charge is 2.05. The van der Waals surface area contributed by atoms with Gasteiger partial charge in [0.05, 0.1) is 5.69 Å². The van der Waals surface area contributed by atoms with Crippen molar-refractivity contribution in [3.05, 3.63) is 62.1 Å². The van der Waals surface area contributed by atoms with E-state index in [1.807, 2.05) is 36.4 Å². The Bertz CT molecular complexity index is 560. The second-order valence-electron chi connectivity index (χ2n) is 3.57. The van der Waals surface area contributed by atoms with E-state index in [9.17, 15) is 4.79 Å². The number of nitrogens with one attached hydrogen (secondary N) is 2. The molecule has 0 aliphatic heterocycles. The smallest absolute Gasteiger partial charge is 0.269 e. The highest BCUT2D eigenvalue weighted by atomic mass is 127. The van der Waals surface area contributed by atoms with Gasteiger partial charge in [-0.15, -0.1) is 0 Å². The molecule has 0 unspecified atom stereocenters. The van der Waals surface area contributed by atoms with Crippen LogP contribution in [0.25, 0.3) is 0 Å². The van der Waals surface area contributed by atoms with E-state index in [-0.39, 0.29) is 5.91 Å². The van der Waals surface area contributed by atoms with Gasteiger partial charge < -0.3 is 0 Å². The predicted octanol–water partition coefficient (Wildman–Crippen LogP) is 3.81. The molecule has 0 saturated carbocycles. The maximum Gasteiger partial charge on any atom is 0.269 e. The Hall–Kier alpha value is -1.08. The maximum absolute atomic E-state index is 11.8. The van der Waals surface area contributed by atoms with E-state index in [4.69, 9.17) is 0 Å². The van der Waals surface area contributed by atoms with E-state index >= 15 is 0 Å². The molecule has 1 amide bonds. The Balaban J connectivity index is 2.02. The van der Waals surface area contributed by atoms with Gasteiger partial charge in [-0.2, -0.15) is 0 Å². The molecule has 0 fully saturated rings. The molecule has 2 aromatic rings. The van der Waals surface area contributed by atoms with Crippen molar-refractivity contribution in [3.63, 3.8) is 0 Å². The Kier molecular flexibility index (Phi) is 4.60. The lowest BCUT2D eigenvalue weighted by molar-refractivity contribution is 0.0962. The number of anilines is 1. The Labute approximate surface area is 127 Å². The number of carbonyl (C=O) groups excluding carboxylic acids is 1. The topological polar surface area (TPSA) is 41.1 Å². The van der Waals surface area contributed by atoms with Gasteiger partial charge in [0.2, 0.25) is 0 Å². The molecule has 0 saturated heterocycles. The summed E-state index contributed by atoms with van der Waals surface area (Å²) in [4.78, 5) is 11.8. The van der Waals surface area contributed by atoms with Crippen LogP contribution in [0, 0.1) is 3.57 Å². The molecule has 0 spiro atoms. The molecule has 0 aromatic heterocycles. The van der Waals surface area contributed by atoms with Crippen LogP contribution in [-0.2, 0) is 0 Å². The Morgan fingerprint density at radius 2 is 1.83 bits per heavy atom. The molecule has 2 rings (SSSR count). The lowest BCUT2D eigenvalue weighted by Crippen LogP contribution is -2.29. The molecule has 0 aliphatic rings. The molecular weight excluding hydrogens is 407 g/mol. The molecule has 0 radical (unpaired) electrons. The molecule has 2 aromatic carbocycles. The van der Waals surface area contributed by atoms with Crippen LogP contribution in [0.4, 0.5) is 5.69 Å². The second kappa shape index (κ2) is 6.19. The van der Waals surface area contributed by atoms with Crippen LogP contribution < -0.4 is 10.9 Å². The number of hydrogen-bond acceptors (Lipinski definition) is 2. The standard InChI is InChI=1S/C13H10BrIN2O/c14-11-8-10(15)6-7-12(11)16-17-13(18)9-4-2-1-3-5-9/h1-8,16H,(H,17,18). The van der Waals surface area contributed by atoms with Gasteiger partial charge >= 0.3 is 0 Å². The third-order valence-electron chi connectivity index (χ3n) is 2.28. The summed E-state index contributed by atoms with van der Waals surface area (Å²) in [6.45, 7) is 0. The summed E-state index contributed by atoms with van der Waals surface area (Å²) in [6, 6.07) is 14.9. The van der Waals surface area contributed by atoms with E-state index in [0.29, 0.717) is 5.56 Å². The van der Waals surface area contributed by atoms with Crippen LogP contribution >= 0.6 is 38.5 Å². The largest absolute Gasteiger partial charge is 0.297 e. The van der Waals surface area contributed by atoms with Gasteiger partial charge in [0.15, 0.2) is 0 Å². The summed E-state index contributed by atoms with van der Waals surface area (Å²) in [5.74, 6) is -0.166. The lowest BCUT2D eigenvalue weighted by Gasteiger charge is -2.10. The van der Waals surface area contributed by atoms with Gasteiger partial charge in [-0.3, -0.25) is 15.6 Å². The molecular formula is C13H10BrIN2O. The van der Waals surface area contributed by atoms with Crippen molar-refractivity contribution in [3.8, 4) is 0 Å². The van der Waals surface area contributed by atoms with Crippen molar-refractivity contribution in [1.82, 2.24) is 5.43 Å². The number of rotatable bonds is 3. The normalized spacial score (nSPS) is 9.89. The summed E-state index contributed by atoms with van der Waals surface area (Å²) in [5.41, 5.74) is 6.98. The van der Waals surface area contributed by atoms with Gasteiger partial charge in [-0.1, -0.05) is 18.2 Å². The van der Waals surface area contributed by atoms with E-state index in [2.05, 4.69) is 49.4 Å². The van der Waals surface area contributed by atoms with E-state index < -0.39 is 0 Å². The van der Waals surface area contributed by atoms with E-state index in [0.717, 1.165) is 13.7 Å². The highest BCUT2D eigenvalue weighted by Crippen LogP contribution is 2.23. The Morgan fingerprint density at radius 3 is 2.50 bits per heavy atom. The Morgan fingerprint density at radius 1 is 1.11 bits per heavy atom. The molecule has 92 valence electrons. The molecule has 2 N–H and O–H groups in total. The maximum atomic E-state index is 11.8. The zero-order valence-electron chi connectivity index (χ0n) is 9.28. The zero-order valence-corrected chi connectivity index (χ0v) is 13.0. The molecule has 3 nitrogen and oxygen atoms in total. The average Bonchev–Trinajstić information content (AvgIpc) is 2.38. The first kappa shape index (κ1) is 13.4. The van der Waals surface area contributed by atoms with Crippen molar-refractivity contribution in [2.75, 3.05) is 5.43 Å². The minimum absolute atomic E-state index is 0.166. The number of carbonyl (C=O) groups is 1. The molecule has 0 aliphatic carbocycles. The quantitative estimate of drug-likeness (QED) is 0.590. The molecule has 5 heteroatoms. The predicted molar refractivity (Wildman–Crippen MR) is 84.4 cm³/mol. The number of hydrogen-bond donors (Lipinski definition) is 2. The summed E-state index contributed by atoms with van der Waals surface area (Å²) in [7, 11) is 0. The summed E-state index contributed by atoms with van der Waals surface area (Å²) in [6.07, 6.45) is 0. The number of amides is 1. The summed E-state index contributed by atoms with van der Waals surface area (Å²) in [5, 5.41) is 0. The van der Waals surface area contributed by atoms with Crippen LogP contribution in [0.1, 0.15) is 10.4 Å². The number of benzene rings is 2. The number of hydrazine groups is 1. The van der Waals surface area contributed by atoms with Gasteiger partial charge in [0.25, 0.3) is 5.91 Å². The van der Waals surface area contributed by atoms with Crippen LogP contribution in [-0.4, -0.2) is 5.91 Å². The second-order valence-corrected chi connectivity index (χ2v) is 5.67. The first-order chi connectivity index (χ1) is 8.66. The molecule has 0 bridgehead atoms. The number of halogens is 2. The van der Waals surface area contributed by atoms with Crippen molar-refractivity contribution < 1.29 is 4.79 Å². The van der Waals surface area contributed by atoms with E-state index in [1.54, 1.807) is 12.1 Å². The first-order valence-electron chi connectivity index (χ1n) is 5.23. The van der Waals surface area contributed by atoms with Crippen molar-refractivity contribution >= 4 is 50.1 Å². The van der Waals surface area contributed by atoms with Gasteiger partial charge in [-0.05, 0) is 68.9 Å². The summed E-state index contributed by atoms with van der Waals surface area (Å²) < 4.78 is 2.03. The van der Waals surface area contributed by atoms with Crippen molar-refractivity contribution in [2.24, 2.45) is 0 Å². The third-order valence-corrected chi connectivity index (χ3v) is 3.60. The van der Waals surface area contributed by atoms with Gasteiger partial charge in [-0.25, -0.2) is 0 Å². The highest BCUT2D eigenvalue weighted by molar-refractivity contribution is 14.1. The fourth-order valence-corrected chi connectivity index (χ4v) is 2.77. The third kappa shape index (κ3) is 3.46. The SMILES string of the molecule is O=C(NNc1ccc(I)cc1Br)c1ccccc1. The minimum atomic E-state index is -0.166. The first-order valence-corrected chi connectivity index (χ1v) is 7.10. The van der Waals surface area contributed by atoms with Crippen LogP contribution in [0.3, 0.4) is 0 Å². The van der Waals surface area contributed by atoms with Crippen molar-refractivity contribution in [2.45, 2.75) is 0 Å². The monoisotopic (exact) mass is 416 g/mol. The lowest BCUT2D eigenvalue weighted by atomic mass is 10.2. The van der Waals surface area contributed by atoms with Crippen LogP contribution in [0.5, 0.6) is 0 Å². The zero-order chi connectivity index (χ0) is 13.0. The van der Waals surface area contributed by atoms with Crippen LogP contribution in [0.15, 0.2) is 53.0 Å². The minimum Gasteiger partial charge on any atom is -0.297 e. The van der Waals surface area contributed by atoms with Crippen LogP contribution in [0.2, 0.25) is 0 Å². The summed E-state index contributed by atoms with van der Waals surface area (Å²) >= 11 is 5.66. The molecule has 0 heterocycles. The van der Waals surface area contributed by atoms with E-state index in [1.165, 1.54) is 0 Å². The fourth-order valence-electron chi connectivity index (χ4n) is 1.38.